The van der Waals surface area contributed by atoms with E-state index in [1.165, 1.54) is 23.1 Å². The van der Waals surface area contributed by atoms with Crippen molar-refractivity contribution in [2.45, 2.75) is 5.92 Å². The lowest BCUT2D eigenvalue weighted by molar-refractivity contribution is -0.135. The molecule has 2 aromatic rings. The Balaban J connectivity index is 1.92. The summed E-state index contributed by atoms with van der Waals surface area (Å²) >= 11 is 12.1. The van der Waals surface area contributed by atoms with Crippen molar-refractivity contribution in [3.05, 3.63) is 63.9 Å². The van der Waals surface area contributed by atoms with Crippen molar-refractivity contribution in [1.29, 1.82) is 0 Å². The SMILES string of the molecule is CN1C[C@H](c2cc(Cl)cc(Cl)c2)[C@@H](C(=O)Nc2ccccc2F)C1=O. The number of nitrogens with one attached hydrogen (secondary N) is 1. The predicted molar refractivity (Wildman–Crippen MR) is 95.4 cm³/mol. The molecule has 1 N–H and O–H groups in total. The molecule has 25 heavy (non-hydrogen) atoms. The number of carbonyl (C=O) groups excluding carboxylic acids is 2. The summed E-state index contributed by atoms with van der Waals surface area (Å²) < 4.78 is 13.8. The van der Waals surface area contributed by atoms with Crippen LogP contribution in [0.3, 0.4) is 0 Å². The molecular weight excluding hydrogens is 366 g/mol. The van der Waals surface area contributed by atoms with Crippen LogP contribution in [-0.2, 0) is 9.59 Å². The van der Waals surface area contributed by atoms with Gasteiger partial charge in [-0.3, -0.25) is 9.59 Å². The smallest absolute Gasteiger partial charge is 0.237 e. The van der Waals surface area contributed by atoms with Gasteiger partial charge >= 0.3 is 0 Å². The Morgan fingerprint density at radius 1 is 1.20 bits per heavy atom. The zero-order valence-electron chi connectivity index (χ0n) is 13.3. The lowest BCUT2D eigenvalue weighted by Crippen LogP contribution is -2.33. The molecule has 130 valence electrons. The van der Waals surface area contributed by atoms with Crippen LogP contribution in [0.15, 0.2) is 42.5 Å². The quantitative estimate of drug-likeness (QED) is 0.819. The van der Waals surface area contributed by atoms with Gasteiger partial charge in [-0.1, -0.05) is 35.3 Å². The Hall–Kier alpha value is -2.11. The first-order valence-corrected chi connectivity index (χ1v) is 8.39. The number of nitrogens with zero attached hydrogens (tertiary/aromatic N) is 1. The molecule has 0 spiro atoms. The van der Waals surface area contributed by atoms with E-state index in [2.05, 4.69) is 5.32 Å². The Morgan fingerprint density at radius 2 is 1.84 bits per heavy atom. The third kappa shape index (κ3) is 3.62. The van der Waals surface area contributed by atoms with E-state index in [0.717, 1.165) is 0 Å². The van der Waals surface area contributed by atoms with Gasteiger partial charge in [-0.05, 0) is 35.9 Å². The van der Waals surface area contributed by atoms with Crippen molar-refractivity contribution in [2.24, 2.45) is 5.92 Å². The van der Waals surface area contributed by atoms with Crippen molar-refractivity contribution >= 4 is 40.7 Å². The Morgan fingerprint density at radius 3 is 2.48 bits per heavy atom. The molecular formula is C18H15Cl2FN2O2. The highest BCUT2D eigenvalue weighted by Crippen LogP contribution is 2.36. The Kier molecular flexibility index (Phi) is 4.97. The first kappa shape index (κ1) is 17.7. The first-order valence-electron chi connectivity index (χ1n) is 7.63. The van der Waals surface area contributed by atoms with Gasteiger partial charge in [-0.15, -0.1) is 0 Å². The molecule has 2 atom stereocenters. The number of para-hydroxylation sites is 1. The van der Waals surface area contributed by atoms with Gasteiger partial charge in [-0.25, -0.2) is 4.39 Å². The maximum absolute atomic E-state index is 13.8. The van der Waals surface area contributed by atoms with Crippen molar-refractivity contribution < 1.29 is 14.0 Å². The summed E-state index contributed by atoms with van der Waals surface area (Å²) in [4.78, 5) is 26.6. The lowest BCUT2D eigenvalue weighted by atomic mass is 9.88. The second-order valence-electron chi connectivity index (χ2n) is 5.97. The van der Waals surface area contributed by atoms with Gasteiger partial charge in [0, 0.05) is 29.6 Å². The molecule has 0 aromatic heterocycles. The maximum atomic E-state index is 13.8. The highest BCUT2D eigenvalue weighted by atomic mass is 35.5. The molecule has 1 saturated heterocycles. The molecule has 2 aromatic carbocycles. The number of hydrogen-bond donors (Lipinski definition) is 1. The van der Waals surface area contributed by atoms with Gasteiger partial charge in [0.05, 0.1) is 5.69 Å². The Labute approximate surface area is 154 Å². The molecule has 0 aliphatic carbocycles. The summed E-state index contributed by atoms with van der Waals surface area (Å²) in [5, 5.41) is 3.36. The van der Waals surface area contributed by atoms with Gasteiger partial charge in [0.1, 0.15) is 11.7 Å². The fraction of sp³-hybridized carbons (Fsp3) is 0.222. The monoisotopic (exact) mass is 380 g/mol. The van der Waals surface area contributed by atoms with Crippen LogP contribution >= 0.6 is 23.2 Å². The third-order valence-corrected chi connectivity index (χ3v) is 4.68. The van der Waals surface area contributed by atoms with Crippen molar-refractivity contribution in [1.82, 2.24) is 4.90 Å². The number of likely N-dealkylation sites (N-methyl/N-ethyl adjacent to an activating group) is 1. The fourth-order valence-electron chi connectivity index (χ4n) is 3.05. The molecule has 1 aliphatic rings. The maximum Gasteiger partial charge on any atom is 0.237 e. The standard InChI is InChI=1S/C18H15Cl2FN2O2/c1-23-9-13(10-6-11(19)8-12(20)7-10)16(18(23)25)17(24)22-15-5-3-2-4-14(15)21/h2-8,13,16H,9H2,1H3,(H,22,24)/t13-,16+/m1/s1. The molecule has 1 fully saturated rings. The van der Waals surface area contributed by atoms with E-state index in [4.69, 9.17) is 23.2 Å². The van der Waals surface area contributed by atoms with Crippen LogP contribution in [0.1, 0.15) is 11.5 Å². The lowest BCUT2D eigenvalue weighted by Gasteiger charge is -2.17. The zero-order chi connectivity index (χ0) is 18.1. The minimum absolute atomic E-state index is 0.0396. The summed E-state index contributed by atoms with van der Waals surface area (Å²) in [5.41, 5.74) is 0.738. The molecule has 7 heteroatoms. The van der Waals surface area contributed by atoms with Crippen LogP contribution in [0.2, 0.25) is 10.0 Å². The number of carbonyl (C=O) groups is 2. The van der Waals surface area contributed by atoms with E-state index in [1.54, 1.807) is 31.3 Å². The van der Waals surface area contributed by atoms with Crippen LogP contribution in [0, 0.1) is 11.7 Å². The van der Waals surface area contributed by atoms with Crippen LogP contribution in [0.25, 0.3) is 0 Å². The average Bonchev–Trinajstić information content (AvgIpc) is 2.84. The number of benzene rings is 2. The molecule has 0 radical (unpaired) electrons. The number of hydrogen-bond acceptors (Lipinski definition) is 2. The second-order valence-corrected chi connectivity index (χ2v) is 6.85. The molecule has 1 aliphatic heterocycles. The number of anilines is 1. The molecule has 1 heterocycles. The van der Waals surface area contributed by atoms with Crippen molar-refractivity contribution in [3.63, 3.8) is 0 Å². The highest BCUT2D eigenvalue weighted by Gasteiger charge is 2.44. The van der Waals surface area contributed by atoms with Crippen LogP contribution in [0.4, 0.5) is 10.1 Å². The third-order valence-electron chi connectivity index (χ3n) is 4.24. The topological polar surface area (TPSA) is 49.4 Å². The summed E-state index contributed by atoms with van der Waals surface area (Å²) in [5.74, 6) is -2.83. The van der Waals surface area contributed by atoms with Gasteiger partial charge in [0.15, 0.2) is 0 Å². The summed E-state index contributed by atoms with van der Waals surface area (Å²) in [6, 6.07) is 10.8. The zero-order valence-corrected chi connectivity index (χ0v) is 14.8. The Bertz CT molecular complexity index is 823. The summed E-state index contributed by atoms with van der Waals surface area (Å²) in [7, 11) is 1.62. The van der Waals surface area contributed by atoms with E-state index < -0.39 is 23.6 Å². The second kappa shape index (κ2) is 7.02. The molecule has 0 saturated carbocycles. The van der Waals surface area contributed by atoms with Crippen molar-refractivity contribution in [2.75, 3.05) is 18.9 Å². The minimum Gasteiger partial charge on any atom is -0.344 e. The number of amides is 2. The molecule has 0 unspecified atom stereocenters. The summed E-state index contributed by atoms with van der Waals surface area (Å²) in [6.45, 7) is 0.352. The van der Waals surface area contributed by atoms with Crippen LogP contribution in [0.5, 0.6) is 0 Å². The van der Waals surface area contributed by atoms with Gasteiger partial charge < -0.3 is 10.2 Å². The average molecular weight is 381 g/mol. The van der Waals surface area contributed by atoms with E-state index in [9.17, 15) is 14.0 Å². The first-order chi connectivity index (χ1) is 11.9. The molecule has 4 nitrogen and oxygen atoms in total. The molecule has 2 amide bonds. The van der Waals surface area contributed by atoms with E-state index in [-0.39, 0.29) is 11.6 Å². The predicted octanol–water partition coefficient (Wildman–Crippen LogP) is 3.94. The van der Waals surface area contributed by atoms with Crippen LogP contribution < -0.4 is 5.32 Å². The van der Waals surface area contributed by atoms with E-state index in [1.807, 2.05) is 0 Å². The largest absolute Gasteiger partial charge is 0.344 e. The minimum atomic E-state index is -0.973. The van der Waals surface area contributed by atoms with Gasteiger partial charge in [0.25, 0.3) is 0 Å². The van der Waals surface area contributed by atoms with Crippen molar-refractivity contribution in [3.8, 4) is 0 Å². The number of halogens is 3. The van der Waals surface area contributed by atoms with Crippen LogP contribution in [-0.4, -0.2) is 30.3 Å². The molecule has 0 bridgehead atoms. The van der Waals surface area contributed by atoms with Gasteiger partial charge in [-0.2, -0.15) is 0 Å². The number of rotatable bonds is 3. The van der Waals surface area contributed by atoms with E-state index >= 15 is 0 Å². The normalized spacial score (nSPS) is 20.0. The van der Waals surface area contributed by atoms with Gasteiger partial charge in [0.2, 0.25) is 11.8 Å². The van der Waals surface area contributed by atoms with E-state index in [0.29, 0.717) is 22.2 Å². The fourth-order valence-corrected chi connectivity index (χ4v) is 3.60. The highest BCUT2D eigenvalue weighted by molar-refractivity contribution is 6.34. The number of likely N-dealkylation sites (tertiary alicyclic amines) is 1. The molecule has 3 rings (SSSR count). The summed E-state index contributed by atoms with van der Waals surface area (Å²) in [6.07, 6.45) is 0.